The van der Waals surface area contributed by atoms with Crippen molar-refractivity contribution >= 4 is 16.1 Å². The number of allylic oxidation sites excluding steroid dienone is 1. The van der Waals surface area contributed by atoms with Crippen molar-refractivity contribution in [1.82, 2.24) is 0 Å². The van der Waals surface area contributed by atoms with Gasteiger partial charge in [-0.3, -0.25) is 0 Å². The molecule has 0 atom stereocenters. The average molecular weight is 310 g/mol. The smallest absolute Gasteiger partial charge is 0.338 e. The number of ether oxygens (including phenoxy) is 1. The first-order valence-corrected chi connectivity index (χ1v) is 8.06. The van der Waals surface area contributed by atoms with Crippen LogP contribution in [0.4, 0.5) is 0 Å². The summed E-state index contributed by atoms with van der Waals surface area (Å²) in [7, 11) is -2.68. The zero-order chi connectivity index (χ0) is 15.6. The van der Waals surface area contributed by atoms with Gasteiger partial charge in [0.15, 0.2) is 0 Å². The minimum atomic E-state index is -3.93. The summed E-state index contributed by atoms with van der Waals surface area (Å²) in [4.78, 5) is 11.7. The number of aryl methyl sites for hydroxylation is 1. The largest absolute Gasteiger partial charge is 0.466 e. The van der Waals surface area contributed by atoms with Crippen LogP contribution in [-0.2, 0) is 23.8 Å². The SMILES string of the molecule is COC(=O)C(C)=C(OS(=O)(=O)c1ccc(C)cc1)C1CC1. The maximum absolute atomic E-state index is 12.3. The summed E-state index contributed by atoms with van der Waals surface area (Å²) in [5.41, 5.74) is 1.16. The molecule has 1 aromatic rings. The lowest BCUT2D eigenvalue weighted by atomic mass is 10.2. The third-order valence-electron chi connectivity index (χ3n) is 3.32. The molecule has 6 heteroatoms. The van der Waals surface area contributed by atoms with E-state index in [-0.39, 0.29) is 22.1 Å². The van der Waals surface area contributed by atoms with Crippen molar-refractivity contribution in [2.75, 3.05) is 7.11 Å². The van der Waals surface area contributed by atoms with E-state index in [2.05, 4.69) is 4.74 Å². The lowest BCUT2D eigenvalue weighted by Crippen LogP contribution is -2.13. The maximum atomic E-state index is 12.3. The van der Waals surface area contributed by atoms with Gasteiger partial charge in [0.2, 0.25) is 0 Å². The molecule has 0 amide bonds. The van der Waals surface area contributed by atoms with Crippen LogP contribution in [0.5, 0.6) is 0 Å². The summed E-state index contributed by atoms with van der Waals surface area (Å²) in [6.07, 6.45) is 1.63. The Balaban J connectivity index is 2.32. The molecule has 0 bridgehead atoms. The Kier molecular flexibility index (Phi) is 4.37. The van der Waals surface area contributed by atoms with Crippen LogP contribution in [0.2, 0.25) is 0 Å². The molecule has 1 fully saturated rings. The van der Waals surface area contributed by atoms with Crippen LogP contribution in [0.3, 0.4) is 0 Å². The highest BCUT2D eigenvalue weighted by atomic mass is 32.2. The molecule has 114 valence electrons. The minimum Gasteiger partial charge on any atom is -0.466 e. The van der Waals surface area contributed by atoms with Crippen molar-refractivity contribution in [2.45, 2.75) is 31.6 Å². The molecule has 5 nitrogen and oxygen atoms in total. The van der Waals surface area contributed by atoms with Gasteiger partial charge < -0.3 is 8.92 Å². The monoisotopic (exact) mass is 310 g/mol. The van der Waals surface area contributed by atoms with Gasteiger partial charge in [-0.1, -0.05) is 17.7 Å². The van der Waals surface area contributed by atoms with Gasteiger partial charge in [-0.25, -0.2) is 4.79 Å². The summed E-state index contributed by atoms with van der Waals surface area (Å²) >= 11 is 0. The number of hydrogen-bond acceptors (Lipinski definition) is 5. The minimum absolute atomic E-state index is 0.0238. The molecule has 0 saturated heterocycles. The van der Waals surface area contributed by atoms with Gasteiger partial charge >= 0.3 is 16.1 Å². The van der Waals surface area contributed by atoms with E-state index in [1.54, 1.807) is 12.1 Å². The Labute approximate surface area is 124 Å². The van der Waals surface area contributed by atoms with Crippen molar-refractivity contribution in [3.63, 3.8) is 0 Å². The summed E-state index contributed by atoms with van der Waals surface area (Å²) in [6.45, 7) is 3.39. The molecule has 1 aliphatic carbocycles. The number of carbonyl (C=O) groups is 1. The number of carbonyl (C=O) groups excluding carboxylic acids is 1. The first-order valence-electron chi connectivity index (χ1n) is 6.65. The van der Waals surface area contributed by atoms with Crippen LogP contribution < -0.4 is 0 Å². The number of methoxy groups -OCH3 is 1. The van der Waals surface area contributed by atoms with E-state index >= 15 is 0 Å². The van der Waals surface area contributed by atoms with E-state index in [1.165, 1.54) is 26.2 Å². The van der Waals surface area contributed by atoms with Crippen molar-refractivity contribution in [1.29, 1.82) is 0 Å². The zero-order valence-electron chi connectivity index (χ0n) is 12.3. The number of rotatable bonds is 5. The Bertz CT molecular complexity index is 667. The molecule has 1 aromatic carbocycles. The summed E-state index contributed by atoms with van der Waals surface area (Å²) < 4.78 is 34.4. The van der Waals surface area contributed by atoms with Crippen molar-refractivity contribution in [2.24, 2.45) is 5.92 Å². The molecule has 0 aromatic heterocycles. The second-order valence-electron chi connectivity index (χ2n) is 5.11. The molecular weight excluding hydrogens is 292 g/mol. The molecule has 2 rings (SSSR count). The van der Waals surface area contributed by atoms with Gasteiger partial charge in [0.25, 0.3) is 0 Å². The van der Waals surface area contributed by atoms with E-state index in [9.17, 15) is 13.2 Å². The maximum Gasteiger partial charge on any atom is 0.338 e. The van der Waals surface area contributed by atoms with E-state index in [4.69, 9.17) is 4.18 Å². The Morgan fingerprint density at radius 3 is 2.24 bits per heavy atom. The Morgan fingerprint density at radius 1 is 1.19 bits per heavy atom. The van der Waals surface area contributed by atoms with Crippen LogP contribution in [-0.4, -0.2) is 21.5 Å². The van der Waals surface area contributed by atoms with Crippen LogP contribution in [0.25, 0.3) is 0 Å². The fraction of sp³-hybridized carbons (Fsp3) is 0.400. The standard InChI is InChI=1S/C15H18O5S/c1-10-4-8-13(9-5-10)21(17,18)20-14(12-6-7-12)11(2)15(16)19-3/h4-5,8-9,12H,6-7H2,1-3H3. The van der Waals surface area contributed by atoms with E-state index in [0.717, 1.165) is 18.4 Å². The topological polar surface area (TPSA) is 69.7 Å². The van der Waals surface area contributed by atoms with Crippen molar-refractivity contribution in [3.8, 4) is 0 Å². The molecule has 0 spiro atoms. The molecule has 21 heavy (non-hydrogen) atoms. The number of benzene rings is 1. The van der Waals surface area contributed by atoms with Gasteiger partial charge in [0.05, 0.1) is 12.7 Å². The predicted octanol–water partition coefficient (Wildman–Crippen LogP) is 2.56. The van der Waals surface area contributed by atoms with E-state index in [1.807, 2.05) is 6.92 Å². The summed E-state index contributed by atoms with van der Waals surface area (Å²) in [6, 6.07) is 6.37. The molecular formula is C15H18O5S. The lowest BCUT2D eigenvalue weighted by Gasteiger charge is -2.12. The molecule has 0 unspecified atom stereocenters. The first kappa shape index (κ1) is 15.6. The van der Waals surface area contributed by atoms with Gasteiger partial charge in [-0.2, -0.15) is 8.42 Å². The zero-order valence-corrected chi connectivity index (χ0v) is 13.1. The van der Waals surface area contributed by atoms with E-state index < -0.39 is 16.1 Å². The Morgan fingerprint density at radius 2 is 1.76 bits per heavy atom. The number of hydrogen-bond donors (Lipinski definition) is 0. The van der Waals surface area contributed by atoms with Crippen LogP contribution in [0.1, 0.15) is 25.3 Å². The van der Waals surface area contributed by atoms with Crippen molar-refractivity contribution < 1.29 is 22.1 Å². The summed E-state index contributed by atoms with van der Waals surface area (Å²) in [5.74, 6) is -0.400. The second kappa shape index (κ2) is 5.89. The quantitative estimate of drug-likeness (QED) is 0.362. The molecule has 0 aliphatic heterocycles. The van der Waals surface area contributed by atoms with Crippen LogP contribution in [0.15, 0.2) is 40.5 Å². The second-order valence-corrected chi connectivity index (χ2v) is 6.65. The first-order chi connectivity index (χ1) is 9.85. The highest BCUT2D eigenvalue weighted by Gasteiger charge is 2.34. The van der Waals surface area contributed by atoms with Gasteiger partial charge in [0, 0.05) is 5.92 Å². The highest BCUT2D eigenvalue weighted by molar-refractivity contribution is 7.86. The van der Waals surface area contributed by atoms with Gasteiger partial charge in [-0.05, 0) is 38.8 Å². The molecule has 1 aliphatic rings. The molecule has 0 radical (unpaired) electrons. The van der Waals surface area contributed by atoms with Crippen molar-refractivity contribution in [3.05, 3.63) is 41.2 Å². The Hall–Kier alpha value is -1.82. The third kappa shape index (κ3) is 3.64. The third-order valence-corrected chi connectivity index (χ3v) is 4.57. The average Bonchev–Trinajstić information content (AvgIpc) is 3.28. The van der Waals surface area contributed by atoms with Crippen LogP contribution >= 0.6 is 0 Å². The predicted molar refractivity (Wildman–Crippen MR) is 76.9 cm³/mol. The number of esters is 1. The lowest BCUT2D eigenvalue weighted by molar-refractivity contribution is -0.136. The van der Waals surface area contributed by atoms with Gasteiger partial charge in [0.1, 0.15) is 10.7 Å². The summed E-state index contributed by atoms with van der Waals surface area (Å²) in [5, 5.41) is 0. The molecule has 0 N–H and O–H groups in total. The molecule has 0 heterocycles. The molecule has 1 saturated carbocycles. The highest BCUT2D eigenvalue weighted by Crippen LogP contribution is 2.40. The van der Waals surface area contributed by atoms with Gasteiger partial charge in [-0.15, -0.1) is 0 Å². The normalized spacial score (nSPS) is 16.1. The van der Waals surface area contributed by atoms with E-state index in [0.29, 0.717) is 0 Å². The fourth-order valence-electron chi connectivity index (χ4n) is 1.91. The fourth-order valence-corrected chi connectivity index (χ4v) is 2.97. The van der Waals surface area contributed by atoms with Crippen LogP contribution in [0, 0.1) is 12.8 Å².